The van der Waals surface area contributed by atoms with Crippen molar-refractivity contribution in [1.29, 1.82) is 0 Å². The topological polar surface area (TPSA) is 35.6 Å². The molecule has 1 atom stereocenters. The molecule has 0 bridgehead atoms. The molecule has 1 N–H and O–H groups in total. The number of carbonyl (C=O) groups excluding carboxylic acids is 1. The van der Waals surface area contributed by atoms with Crippen LogP contribution in [0, 0.1) is 13.8 Å². The first kappa shape index (κ1) is 13.9. The van der Waals surface area contributed by atoms with Crippen molar-refractivity contribution < 1.29 is 4.79 Å². The third-order valence-electron chi connectivity index (χ3n) is 3.68. The van der Waals surface area contributed by atoms with Gasteiger partial charge in [0.15, 0.2) is 0 Å². The normalized spacial score (nSPS) is 18.5. The standard InChI is InChI=1S/C15H23N3O/c1-10-8-13-14(9-11(10)2)18(7-6-17(4)5)15(19)12(3)16-13/h8-9,12,16H,6-7H2,1-5H3. The molecule has 1 unspecified atom stereocenters. The van der Waals surface area contributed by atoms with Gasteiger partial charge in [-0.1, -0.05) is 0 Å². The van der Waals surface area contributed by atoms with Gasteiger partial charge in [-0.25, -0.2) is 0 Å². The van der Waals surface area contributed by atoms with Gasteiger partial charge in [0.2, 0.25) is 5.91 Å². The van der Waals surface area contributed by atoms with Crippen molar-refractivity contribution in [2.75, 3.05) is 37.4 Å². The predicted molar refractivity (Wildman–Crippen MR) is 79.9 cm³/mol. The van der Waals surface area contributed by atoms with Crippen LogP contribution in [0.4, 0.5) is 11.4 Å². The second-order valence-electron chi connectivity index (χ2n) is 5.61. The lowest BCUT2D eigenvalue weighted by Gasteiger charge is -2.35. The molecule has 0 fully saturated rings. The monoisotopic (exact) mass is 261 g/mol. The van der Waals surface area contributed by atoms with Gasteiger partial charge in [0.1, 0.15) is 6.04 Å². The lowest BCUT2D eigenvalue weighted by Crippen LogP contribution is -2.48. The minimum Gasteiger partial charge on any atom is -0.372 e. The molecule has 0 saturated heterocycles. The Morgan fingerprint density at radius 1 is 1.26 bits per heavy atom. The van der Waals surface area contributed by atoms with Crippen molar-refractivity contribution in [1.82, 2.24) is 4.90 Å². The van der Waals surface area contributed by atoms with Crippen molar-refractivity contribution in [2.45, 2.75) is 26.8 Å². The highest BCUT2D eigenvalue weighted by Crippen LogP contribution is 2.33. The summed E-state index contributed by atoms with van der Waals surface area (Å²) in [6.45, 7) is 7.70. The number of rotatable bonds is 3. The number of nitrogens with one attached hydrogen (secondary N) is 1. The number of hydrogen-bond acceptors (Lipinski definition) is 3. The fourth-order valence-electron chi connectivity index (χ4n) is 2.32. The summed E-state index contributed by atoms with van der Waals surface area (Å²) in [4.78, 5) is 16.3. The van der Waals surface area contributed by atoms with Crippen molar-refractivity contribution in [3.8, 4) is 0 Å². The number of benzene rings is 1. The maximum atomic E-state index is 12.3. The van der Waals surface area contributed by atoms with E-state index in [4.69, 9.17) is 0 Å². The van der Waals surface area contributed by atoms with Crippen LogP contribution in [0.25, 0.3) is 0 Å². The zero-order valence-corrected chi connectivity index (χ0v) is 12.4. The molecule has 19 heavy (non-hydrogen) atoms. The van der Waals surface area contributed by atoms with Crippen LogP contribution in [0.2, 0.25) is 0 Å². The summed E-state index contributed by atoms with van der Waals surface area (Å²) >= 11 is 0. The highest BCUT2D eigenvalue weighted by atomic mass is 16.2. The number of amides is 1. The number of likely N-dealkylation sites (N-methyl/N-ethyl adjacent to an activating group) is 1. The lowest BCUT2D eigenvalue weighted by atomic mass is 10.0. The summed E-state index contributed by atoms with van der Waals surface area (Å²) in [5.74, 6) is 0.151. The van der Waals surface area contributed by atoms with Gasteiger partial charge in [-0.05, 0) is 58.1 Å². The van der Waals surface area contributed by atoms with E-state index in [0.29, 0.717) is 0 Å². The quantitative estimate of drug-likeness (QED) is 0.904. The van der Waals surface area contributed by atoms with Gasteiger partial charge in [0.25, 0.3) is 0 Å². The summed E-state index contributed by atoms with van der Waals surface area (Å²) in [6.07, 6.45) is 0. The molecule has 104 valence electrons. The molecule has 0 aromatic heterocycles. The molecule has 2 rings (SSSR count). The van der Waals surface area contributed by atoms with Gasteiger partial charge in [-0.15, -0.1) is 0 Å². The molecule has 0 saturated carbocycles. The van der Waals surface area contributed by atoms with Crippen molar-refractivity contribution in [3.63, 3.8) is 0 Å². The average Bonchev–Trinajstić information content (AvgIpc) is 2.32. The number of fused-ring (bicyclic) bond motifs is 1. The first-order valence-corrected chi connectivity index (χ1v) is 6.74. The molecule has 0 radical (unpaired) electrons. The van der Waals surface area contributed by atoms with E-state index in [0.717, 1.165) is 24.5 Å². The number of hydrogen-bond donors (Lipinski definition) is 1. The average molecular weight is 261 g/mol. The van der Waals surface area contributed by atoms with E-state index in [1.807, 2.05) is 25.9 Å². The first-order valence-electron chi connectivity index (χ1n) is 6.74. The van der Waals surface area contributed by atoms with Gasteiger partial charge in [0.05, 0.1) is 11.4 Å². The highest BCUT2D eigenvalue weighted by Gasteiger charge is 2.29. The van der Waals surface area contributed by atoms with Gasteiger partial charge < -0.3 is 15.1 Å². The van der Waals surface area contributed by atoms with Gasteiger partial charge in [0, 0.05) is 13.1 Å². The van der Waals surface area contributed by atoms with Crippen LogP contribution < -0.4 is 10.2 Å². The Hall–Kier alpha value is -1.55. The number of carbonyl (C=O) groups is 1. The van der Waals surface area contributed by atoms with E-state index >= 15 is 0 Å². The number of anilines is 2. The number of aryl methyl sites for hydroxylation is 2. The Morgan fingerprint density at radius 2 is 1.89 bits per heavy atom. The van der Waals surface area contributed by atoms with E-state index < -0.39 is 0 Å². The second kappa shape index (κ2) is 5.21. The lowest BCUT2D eigenvalue weighted by molar-refractivity contribution is -0.119. The first-order chi connectivity index (χ1) is 8.90. The highest BCUT2D eigenvalue weighted by molar-refractivity contribution is 6.04. The molecule has 1 amide bonds. The molecular formula is C15H23N3O. The molecule has 0 aliphatic carbocycles. The zero-order chi connectivity index (χ0) is 14.2. The van der Waals surface area contributed by atoms with Crippen molar-refractivity contribution in [3.05, 3.63) is 23.3 Å². The minimum atomic E-state index is -0.156. The SMILES string of the molecule is Cc1cc2c(cc1C)N(CCN(C)C)C(=O)C(C)N2. The van der Waals surface area contributed by atoms with Crippen LogP contribution >= 0.6 is 0 Å². The van der Waals surface area contributed by atoms with Crippen LogP contribution in [0.3, 0.4) is 0 Å². The van der Waals surface area contributed by atoms with E-state index in [1.54, 1.807) is 0 Å². The van der Waals surface area contributed by atoms with Crippen LogP contribution in [0.1, 0.15) is 18.1 Å². The summed E-state index contributed by atoms with van der Waals surface area (Å²) in [5.41, 5.74) is 4.54. The summed E-state index contributed by atoms with van der Waals surface area (Å²) in [7, 11) is 4.05. The summed E-state index contributed by atoms with van der Waals surface area (Å²) in [6, 6.07) is 4.09. The second-order valence-corrected chi connectivity index (χ2v) is 5.61. The molecule has 4 nitrogen and oxygen atoms in total. The predicted octanol–water partition coefficient (Wildman–Crippen LogP) is 2.01. The Labute approximate surface area is 115 Å². The summed E-state index contributed by atoms with van der Waals surface area (Å²) < 4.78 is 0. The third-order valence-corrected chi connectivity index (χ3v) is 3.68. The van der Waals surface area contributed by atoms with Gasteiger partial charge >= 0.3 is 0 Å². The van der Waals surface area contributed by atoms with E-state index in [-0.39, 0.29) is 11.9 Å². The maximum absolute atomic E-state index is 12.3. The van der Waals surface area contributed by atoms with E-state index in [2.05, 4.69) is 36.2 Å². The minimum absolute atomic E-state index is 0.151. The third kappa shape index (κ3) is 2.73. The van der Waals surface area contributed by atoms with Crippen LogP contribution in [-0.2, 0) is 4.79 Å². The molecule has 1 aromatic rings. The molecule has 1 aliphatic rings. The van der Waals surface area contributed by atoms with Crippen LogP contribution in [0.5, 0.6) is 0 Å². The fourth-order valence-corrected chi connectivity index (χ4v) is 2.32. The Bertz CT molecular complexity index is 496. The van der Waals surface area contributed by atoms with Crippen molar-refractivity contribution >= 4 is 17.3 Å². The fraction of sp³-hybridized carbons (Fsp3) is 0.533. The van der Waals surface area contributed by atoms with Gasteiger partial charge in [-0.2, -0.15) is 0 Å². The number of nitrogens with zero attached hydrogens (tertiary/aromatic N) is 2. The largest absolute Gasteiger partial charge is 0.372 e. The molecular weight excluding hydrogens is 238 g/mol. The summed E-state index contributed by atoms with van der Waals surface area (Å²) in [5, 5.41) is 3.29. The Morgan fingerprint density at radius 3 is 2.53 bits per heavy atom. The van der Waals surface area contributed by atoms with Crippen molar-refractivity contribution in [2.24, 2.45) is 0 Å². The van der Waals surface area contributed by atoms with Crippen LogP contribution in [-0.4, -0.2) is 44.0 Å². The Kier molecular flexibility index (Phi) is 3.80. The van der Waals surface area contributed by atoms with E-state index in [9.17, 15) is 4.79 Å². The van der Waals surface area contributed by atoms with E-state index in [1.165, 1.54) is 11.1 Å². The Balaban J connectivity index is 2.37. The van der Waals surface area contributed by atoms with Gasteiger partial charge in [-0.3, -0.25) is 4.79 Å². The molecule has 1 aliphatic heterocycles. The maximum Gasteiger partial charge on any atom is 0.249 e. The molecule has 1 heterocycles. The zero-order valence-electron chi connectivity index (χ0n) is 12.4. The smallest absolute Gasteiger partial charge is 0.249 e. The molecule has 1 aromatic carbocycles. The molecule has 0 spiro atoms. The molecule has 4 heteroatoms. The van der Waals surface area contributed by atoms with Crippen LogP contribution in [0.15, 0.2) is 12.1 Å².